The SMILES string of the molecule is Cc1ccc(C(=O)Nc2ccccc2)cc1NCc1nnnn1-c1ccc(S(C)(=O)=O)cc1. The second-order valence-electron chi connectivity index (χ2n) is 7.48. The van der Waals surface area contributed by atoms with Crippen LogP contribution in [0.2, 0.25) is 0 Å². The number of anilines is 2. The molecule has 3 aromatic carbocycles. The lowest BCUT2D eigenvalue weighted by Crippen LogP contribution is -2.13. The van der Waals surface area contributed by atoms with Gasteiger partial charge in [0, 0.05) is 23.2 Å². The Bertz CT molecular complexity index is 1380. The highest BCUT2D eigenvalue weighted by Crippen LogP contribution is 2.20. The number of rotatable bonds is 7. The Labute approximate surface area is 191 Å². The van der Waals surface area contributed by atoms with Crippen molar-refractivity contribution in [2.75, 3.05) is 16.9 Å². The van der Waals surface area contributed by atoms with Gasteiger partial charge in [0.25, 0.3) is 5.91 Å². The summed E-state index contributed by atoms with van der Waals surface area (Å²) >= 11 is 0. The van der Waals surface area contributed by atoms with E-state index >= 15 is 0 Å². The number of nitrogens with zero attached hydrogens (tertiary/aromatic N) is 4. The molecule has 168 valence electrons. The first-order chi connectivity index (χ1) is 15.8. The maximum atomic E-state index is 12.6. The van der Waals surface area contributed by atoms with Crippen LogP contribution in [-0.2, 0) is 16.4 Å². The summed E-state index contributed by atoms with van der Waals surface area (Å²) in [5.74, 6) is 0.320. The summed E-state index contributed by atoms with van der Waals surface area (Å²) in [6, 6.07) is 21.0. The van der Waals surface area contributed by atoms with Crippen LogP contribution in [0.5, 0.6) is 0 Å². The van der Waals surface area contributed by atoms with Crippen molar-refractivity contribution in [2.45, 2.75) is 18.4 Å². The highest BCUT2D eigenvalue weighted by Gasteiger charge is 2.13. The molecule has 9 nitrogen and oxygen atoms in total. The fraction of sp³-hybridized carbons (Fsp3) is 0.130. The third-order valence-electron chi connectivity index (χ3n) is 5.01. The summed E-state index contributed by atoms with van der Waals surface area (Å²) in [4.78, 5) is 12.9. The summed E-state index contributed by atoms with van der Waals surface area (Å²) in [7, 11) is -3.29. The van der Waals surface area contributed by atoms with Gasteiger partial charge in [-0.15, -0.1) is 5.10 Å². The molecule has 0 aliphatic rings. The minimum Gasteiger partial charge on any atom is -0.377 e. The van der Waals surface area contributed by atoms with Crippen LogP contribution in [-0.4, -0.2) is 40.8 Å². The van der Waals surface area contributed by atoms with Crippen molar-refractivity contribution in [3.8, 4) is 5.69 Å². The van der Waals surface area contributed by atoms with E-state index in [2.05, 4.69) is 26.2 Å². The number of nitrogens with one attached hydrogen (secondary N) is 2. The van der Waals surface area contributed by atoms with Gasteiger partial charge in [0.05, 0.1) is 17.1 Å². The number of amides is 1. The number of para-hydroxylation sites is 1. The van der Waals surface area contributed by atoms with E-state index in [0.717, 1.165) is 23.2 Å². The lowest BCUT2D eigenvalue weighted by molar-refractivity contribution is 0.102. The molecule has 10 heteroatoms. The molecular weight excluding hydrogens is 440 g/mol. The van der Waals surface area contributed by atoms with Crippen LogP contribution in [0.15, 0.2) is 77.7 Å². The maximum Gasteiger partial charge on any atom is 0.255 e. The Balaban J connectivity index is 1.50. The van der Waals surface area contributed by atoms with Crippen molar-refractivity contribution in [2.24, 2.45) is 0 Å². The Kier molecular flexibility index (Phi) is 6.18. The largest absolute Gasteiger partial charge is 0.377 e. The van der Waals surface area contributed by atoms with E-state index in [4.69, 9.17) is 0 Å². The summed E-state index contributed by atoms with van der Waals surface area (Å²) < 4.78 is 24.9. The maximum absolute atomic E-state index is 12.6. The number of carbonyl (C=O) groups is 1. The van der Waals surface area contributed by atoms with E-state index in [9.17, 15) is 13.2 Å². The van der Waals surface area contributed by atoms with Crippen molar-refractivity contribution < 1.29 is 13.2 Å². The van der Waals surface area contributed by atoms with E-state index < -0.39 is 9.84 Å². The van der Waals surface area contributed by atoms with E-state index in [1.165, 1.54) is 16.8 Å². The van der Waals surface area contributed by atoms with Crippen molar-refractivity contribution in [1.82, 2.24) is 20.2 Å². The second kappa shape index (κ2) is 9.21. The minimum atomic E-state index is -3.29. The monoisotopic (exact) mass is 462 g/mol. The van der Waals surface area contributed by atoms with Gasteiger partial charge >= 0.3 is 0 Å². The average molecular weight is 463 g/mol. The number of benzene rings is 3. The van der Waals surface area contributed by atoms with Gasteiger partial charge in [0.15, 0.2) is 15.7 Å². The zero-order valence-corrected chi connectivity index (χ0v) is 18.9. The van der Waals surface area contributed by atoms with Crippen LogP contribution in [0.1, 0.15) is 21.7 Å². The molecule has 4 rings (SSSR count). The van der Waals surface area contributed by atoms with Crippen LogP contribution in [0, 0.1) is 6.92 Å². The molecule has 0 unspecified atom stereocenters. The van der Waals surface area contributed by atoms with Gasteiger partial charge < -0.3 is 10.6 Å². The molecule has 2 N–H and O–H groups in total. The molecule has 1 amide bonds. The highest BCUT2D eigenvalue weighted by atomic mass is 32.2. The van der Waals surface area contributed by atoms with E-state index in [1.54, 1.807) is 24.3 Å². The van der Waals surface area contributed by atoms with Crippen LogP contribution >= 0.6 is 0 Å². The van der Waals surface area contributed by atoms with E-state index in [0.29, 0.717) is 23.6 Å². The standard InChI is InChI=1S/C23H22N6O3S/c1-16-8-9-17(23(30)25-18-6-4-3-5-7-18)14-21(16)24-15-22-26-27-28-29(22)19-10-12-20(13-11-19)33(2,31)32/h3-14,24H,15H2,1-2H3,(H,25,30). The third-order valence-corrected chi connectivity index (χ3v) is 6.14. The number of sulfone groups is 1. The zero-order valence-electron chi connectivity index (χ0n) is 18.1. The molecule has 1 aromatic heterocycles. The molecule has 0 saturated heterocycles. The lowest BCUT2D eigenvalue weighted by atomic mass is 10.1. The van der Waals surface area contributed by atoms with Gasteiger partial charge in [0.1, 0.15) is 0 Å². The molecule has 0 radical (unpaired) electrons. The van der Waals surface area contributed by atoms with Gasteiger partial charge in [-0.05, 0) is 71.4 Å². The fourth-order valence-corrected chi connectivity index (χ4v) is 3.83. The molecule has 0 fully saturated rings. The summed E-state index contributed by atoms with van der Waals surface area (Å²) in [5.41, 5.74) is 3.61. The summed E-state index contributed by atoms with van der Waals surface area (Å²) in [6.45, 7) is 2.24. The summed E-state index contributed by atoms with van der Waals surface area (Å²) in [6.07, 6.45) is 1.16. The first-order valence-electron chi connectivity index (χ1n) is 10.1. The molecular formula is C23H22N6O3S. The Morgan fingerprint density at radius 3 is 2.42 bits per heavy atom. The zero-order chi connectivity index (χ0) is 23.4. The third kappa shape index (κ3) is 5.24. The number of tetrazole rings is 1. The molecule has 0 aliphatic carbocycles. The molecule has 1 heterocycles. The number of aromatic nitrogens is 4. The quantitative estimate of drug-likeness (QED) is 0.433. The fourth-order valence-electron chi connectivity index (χ4n) is 3.20. The molecule has 0 spiro atoms. The van der Waals surface area contributed by atoms with Crippen molar-refractivity contribution in [3.05, 3.63) is 89.7 Å². The normalized spacial score (nSPS) is 11.2. The lowest BCUT2D eigenvalue weighted by Gasteiger charge is -2.12. The summed E-state index contributed by atoms with van der Waals surface area (Å²) in [5, 5.41) is 18.0. The first kappa shape index (κ1) is 22.2. The average Bonchev–Trinajstić information content (AvgIpc) is 3.27. The second-order valence-corrected chi connectivity index (χ2v) is 9.49. The van der Waals surface area contributed by atoms with Crippen molar-refractivity contribution in [3.63, 3.8) is 0 Å². The Hall–Kier alpha value is -4.05. The molecule has 0 saturated carbocycles. The molecule has 4 aromatic rings. The van der Waals surface area contributed by atoms with Crippen molar-refractivity contribution >= 4 is 27.1 Å². The number of hydrogen-bond donors (Lipinski definition) is 2. The topological polar surface area (TPSA) is 119 Å². The van der Waals surface area contributed by atoms with E-state index in [-0.39, 0.29) is 10.8 Å². The number of carbonyl (C=O) groups excluding carboxylic acids is 1. The Morgan fingerprint density at radius 2 is 1.73 bits per heavy atom. The molecule has 0 bridgehead atoms. The van der Waals surface area contributed by atoms with Gasteiger partial charge in [-0.3, -0.25) is 4.79 Å². The predicted molar refractivity (Wildman–Crippen MR) is 125 cm³/mol. The number of aryl methyl sites for hydroxylation is 1. The molecule has 0 aliphatic heterocycles. The van der Waals surface area contributed by atoms with Crippen LogP contribution in [0.25, 0.3) is 5.69 Å². The van der Waals surface area contributed by atoms with Crippen LogP contribution < -0.4 is 10.6 Å². The van der Waals surface area contributed by atoms with Gasteiger partial charge in [-0.25, -0.2) is 8.42 Å². The Morgan fingerprint density at radius 1 is 1.00 bits per heavy atom. The van der Waals surface area contributed by atoms with E-state index in [1.807, 2.05) is 43.3 Å². The van der Waals surface area contributed by atoms with Gasteiger partial charge in [0.2, 0.25) is 0 Å². The minimum absolute atomic E-state index is 0.208. The van der Waals surface area contributed by atoms with Crippen LogP contribution in [0.3, 0.4) is 0 Å². The van der Waals surface area contributed by atoms with Gasteiger partial charge in [-0.2, -0.15) is 4.68 Å². The first-order valence-corrected chi connectivity index (χ1v) is 12.0. The van der Waals surface area contributed by atoms with Crippen LogP contribution in [0.4, 0.5) is 11.4 Å². The highest BCUT2D eigenvalue weighted by molar-refractivity contribution is 7.90. The smallest absolute Gasteiger partial charge is 0.255 e. The van der Waals surface area contributed by atoms with Gasteiger partial charge in [-0.1, -0.05) is 24.3 Å². The number of hydrogen-bond acceptors (Lipinski definition) is 7. The van der Waals surface area contributed by atoms with Crippen molar-refractivity contribution in [1.29, 1.82) is 0 Å². The predicted octanol–water partition coefficient (Wildman–Crippen LogP) is 3.24. The molecule has 0 atom stereocenters. The molecule has 33 heavy (non-hydrogen) atoms.